The van der Waals surface area contributed by atoms with Gasteiger partial charge in [-0.2, -0.15) is 0 Å². The van der Waals surface area contributed by atoms with Crippen molar-refractivity contribution in [2.24, 2.45) is 11.8 Å². The molecule has 7 heteroatoms. The Balaban J connectivity index is 0.00000203. The first-order valence-corrected chi connectivity index (χ1v) is 22.5. The van der Waals surface area contributed by atoms with Gasteiger partial charge in [-0.3, -0.25) is 0 Å². The molecule has 0 amide bonds. The van der Waals surface area contributed by atoms with E-state index in [0.717, 1.165) is 126 Å². The molecule has 2 heterocycles. The Kier molecular flexibility index (Phi) is 13.8. The van der Waals surface area contributed by atoms with Crippen LogP contribution in [0.25, 0.3) is 77.2 Å². The summed E-state index contributed by atoms with van der Waals surface area (Å²) in [4.78, 5) is 0. The van der Waals surface area contributed by atoms with Crippen LogP contribution in [-0.2, 0) is 25.8 Å². The van der Waals surface area contributed by atoms with Crippen molar-refractivity contribution >= 4 is 43.6 Å². The van der Waals surface area contributed by atoms with Crippen molar-refractivity contribution in [1.29, 1.82) is 0 Å². The Bertz CT molecular complexity index is 3050. The number of aryl methyl sites for hydroxylation is 2. The van der Waals surface area contributed by atoms with Crippen LogP contribution in [0.2, 0.25) is 0 Å². The summed E-state index contributed by atoms with van der Waals surface area (Å²) in [5.41, 5.74) is 11.0. The molecular weight excluding hydrogens is 991 g/mol. The molecule has 0 aliphatic heterocycles. The molecular formula is C60H56HfN2O4-2. The fourth-order valence-corrected chi connectivity index (χ4v) is 10.4. The first kappa shape index (κ1) is 46.9. The van der Waals surface area contributed by atoms with E-state index < -0.39 is 0 Å². The molecule has 1 aliphatic carbocycles. The molecule has 1 unspecified atom stereocenters. The van der Waals surface area contributed by atoms with Crippen LogP contribution in [0.5, 0.6) is 23.0 Å². The number of rotatable bonds is 10. The molecule has 0 spiro atoms. The number of aromatic hydroxyl groups is 2. The summed E-state index contributed by atoms with van der Waals surface area (Å²) in [5, 5.41) is 29.0. The summed E-state index contributed by atoms with van der Waals surface area (Å²) in [5.74, 6) is 2.50. The van der Waals surface area contributed by atoms with E-state index in [0.29, 0.717) is 13.2 Å². The number of fused-ring (bicyclic) bond motifs is 6. The third-order valence-electron chi connectivity index (χ3n) is 13.4. The van der Waals surface area contributed by atoms with Crippen LogP contribution in [0, 0.1) is 40.5 Å². The van der Waals surface area contributed by atoms with Gasteiger partial charge in [0.25, 0.3) is 0 Å². The van der Waals surface area contributed by atoms with Crippen LogP contribution in [0.3, 0.4) is 0 Å². The van der Waals surface area contributed by atoms with E-state index in [9.17, 15) is 10.2 Å². The third kappa shape index (κ3) is 8.44. The predicted octanol–water partition coefficient (Wildman–Crippen LogP) is 15.4. The van der Waals surface area contributed by atoms with Gasteiger partial charge in [0.2, 0.25) is 0 Å². The zero-order valence-corrected chi connectivity index (χ0v) is 42.3. The molecule has 1 fully saturated rings. The molecule has 2 atom stereocenters. The molecule has 0 saturated heterocycles. The van der Waals surface area contributed by atoms with Gasteiger partial charge in [0.1, 0.15) is 23.0 Å². The van der Waals surface area contributed by atoms with Gasteiger partial charge < -0.3 is 43.7 Å². The Morgan fingerprint density at radius 3 is 1.10 bits per heavy atom. The van der Waals surface area contributed by atoms with E-state index >= 15 is 0 Å². The maximum atomic E-state index is 12.2. The summed E-state index contributed by atoms with van der Waals surface area (Å²) in [6.45, 7) is 5.25. The Hall–Kier alpha value is -6.57. The minimum Gasteiger partial charge on any atom is -0.505 e. The molecule has 11 rings (SSSR count). The molecule has 336 valence electrons. The first-order chi connectivity index (χ1) is 31.4. The summed E-state index contributed by atoms with van der Waals surface area (Å²) < 4.78 is 18.0. The van der Waals surface area contributed by atoms with E-state index in [1.54, 1.807) is 0 Å². The topological polar surface area (TPSA) is 68.8 Å². The number of phenols is 2. The number of hydrogen-bond donors (Lipinski definition) is 2. The number of phenolic OH excluding ortho intramolecular Hbond substituents is 2. The van der Waals surface area contributed by atoms with E-state index in [1.807, 2.05) is 48.5 Å². The van der Waals surface area contributed by atoms with Crippen LogP contribution >= 0.6 is 0 Å². The van der Waals surface area contributed by atoms with Gasteiger partial charge in [-0.15, -0.1) is 0 Å². The number of ether oxygens (including phenoxy) is 2. The summed E-state index contributed by atoms with van der Waals surface area (Å²) in [6.07, 6.45) is 4.39. The fourth-order valence-electron chi connectivity index (χ4n) is 10.4. The Labute approximate surface area is 412 Å². The van der Waals surface area contributed by atoms with Gasteiger partial charge >= 0.3 is 0 Å². The molecule has 8 aromatic carbocycles. The van der Waals surface area contributed by atoms with Crippen molar-refractivity contribution in [2.45, 2.75) is 39.5 Å². The predicted molar refractivity (Wildman–Crippen MR) is 275 cm³/mol. The molecule has 0 bridgehead atoms. The summed E-state index contributed by atoms with van der Waals surface area (Å²) in [7, 11) is 0. The van der Waals surface area contributed by atoms with Gasteiger partial charge in [0.05, 0.1) is 46.7 Å². The third-order valence-corrected chi connectivity index (χ3v) is 13.4. The van der Waals surface area contributed by atoms with Crippen molar-refractivity contribution in [3.05, 3.63) is 196 Å². The standard InChI is InChI=1S/C58H50N2O4.2CH3.Hf/c1-37-31-47(57(61)53(33-37)59-49-25-11-5-19-41(49)42-20-6-12-26-50(42)59)45-23-9-15-29-55(45)63-35-39-17-3-4-18-40(39)36-64-56-30-16-10-24-46(56)48-32-38(2)34-54(58(48)62)60-51-27-13-7-21-43(51)44-22-8-14-28-52(44)60;;;/h5-16,19-34,39-40,61-62H,3-4,17-18,35-36H2,1-2H3;2*1H3;/q;2*-1;/t39-,40?;;;/m1.../s1. The van der Waals surface area contributed by atoms with Crippen molar-refractivity contribution in [2.75, 3.05) is 13.2 Å². The second-order valence-electron chi connectivity index (χ2n) is 17.5. The van der Waals surface area contributed by atoms with E-state index in [4.69, 9.17) is 9.47 Å². The number of aromatic nitrogens is 2. The number of hydrogen-bond acceptors (Lipinski definition) is 4. The maximum absolute atomic E-state index is 12.2. The van der Waals surface area contributed by atoms with Gasteiger partial charge in [-0.05, 0) is 110 Å². The van der Waals surface area contributed by atoms with Gasteiger partial charge in [0, 0.05) is 69.6 Å². The minimum atomic E-state index is 0. The number of nitrogens with zero attached hydrogens (tertiary/aromatic N) is 2. The summed E-state index contributed by atoms with van der Waals surface area (Å²) >= 11 is 0. The molecule has 6 nitrogen and oxygen atoms in total. The normalized spacial score (nSPS) is 14.7. The molecule has 1 saturated carbocycles. The average Bonchev–Trinajstić information content (AvgIpc) is 3.85. The number of benzene rings is 8. The molecule has 67 heavy (non-hydrogen) atoms. The molecule has 0 radical (unpaired) electrons. The van der Waals surface area contributed by atoms with E-state index in [1.165, 1.54) is 0 Å². The van der Waals surface area contributed by atoms with Crippen molar-refractivity contribution in [3.63, 3.8) is 0 Å². The van der Waals surface area contributed by atoms with Crippen LogP contribution in [0.1, 0.15) is 36.8 Å². The van der Waals surface area contributed by atoms with Gasteiger partial charge in [-0.25, -0.2) is 0 Å². The summed E-state index contributed by atoms with van der Waals surface area (Å²) in [6, 6.07) is 57.9. The van der Waals surface area contributed by atoms with Crippen LogP contribution in [-0.4, -0.2) is 32.6 Å². The van der Waals surface area contributed by atoms with Crippen LogP contribution in [0.15, 0.2) is 170 Å². The maximum Gasteiger partial charge on any atom is 0.147 e. The molecule has 2 aromatic heterocycles. The monoisotopic (exact) mass is 1050 g/mol. The number of para-hydroxylation sites is 6. The van der Waals surface area contributed by atoms with E-state index in [2.05, 4.69) is 144 Å². The SMILES string of the molecule is Cc1cc(-c2ccccc2OCC2CCCC[C@@H]2COc2ccccc2-c2cc(C)cc(-n3c4ccccc4c4ccccc43)c2O)c(O)c(-n2c3ccccc3c3ccccc32)c1.[CH3-].[CH3-].[Hf]. The van der Waals surface area contributed by atoms with Gasteiger partial charge in [0.15, 0.2) is 0 Å². The molecule has 1 aliphatic rings. The minimum absolute atomic E-state index is 0. The van der Waals surface area contributed by atoms with Crippen LogP contribution in [0.4, 0.5) is 0 Å². The zero-order valence-electron chi connectivity index (χ0n) is 38.7. The van der Waals surface area contributed by atoms with Crippen molar-refractivity contribution in [3.8, 4) is 56.6 Å². The molecule has 2 N–H and O–H groups in total. The zero-order chi connectivity index (χ0) is 43.3. The van der Waals surface area contributed by atoms with Crippen molar-refractivity contribution in [1.82, 2.24) is 9.13 Å². The largest absolute Gasteiger partial charge is 0.505 e. The quantitative estimate of drug-likeness (QED) is 0.106. The van der Waals surface area contributed by atoms with Crippen LogP contribution < -0.4 is 9.47 Å². The Morgan fingerprint density at radius 2 is 0.746 bits per heavy atom. The van der Waals surface area contributed by atoms with Gasteiger partial charge in [-0.1, -0.05) is 122 Å². The smallest absolute Gasteiger partial charge is 0.147 e. The Morgan fingerprint density at radius 1 is 0.433 bits per heavy atom. The average molecular weight is 1050 g/mol. The second kappa shape index (κ2) is 19.7. The first-order valence-electron chi connectivity index (χ1n) is 22.5. The second-order valence-corrected chi connectivity index (χ2v) is 17.5. The van der Waals surface area contributed by atoms with Crippen molar-refractivity contribution < 1.29 is 45.5 Å². The van der Waals surface area contributed by atoms with E-state index in [-0.39, 0.29) is 64.0 Å². The molecule has 10 aromatic rings. The fraction of sp³-hybridized carbons (Fsp3) is 0.167.